The minimum atomic E-state index is -0.199. The van der Waals surface area contributed by atoms with Gasteiger partial charge in [-0.25, -0.2) is 9.67 Å². The van der Waals surface area contributed by atoms with E-state index in [0.29, 0.717) is 11.6 Å². The number of hydrogen-bond acceptors (Lipinski definition) is 6. The summed E-state index contributed by atoms with van der Waals surface area (Å²) in [7, 11) is 3.31. The standard InChI is InChI=1S/C10H13N7O/c1-16(2)10(18)7-3-4-9(14-13-7)17-6-12-8(5-11)15-17/h3-4,6H,5,11H2,1-2H3. The number of carbonyl (C=O) groups excluding carboxylic acids is 1. The molecule has 0 bridgehead atoms. The van der Waals surface area contributed by atoms with Crippen molar-refractivity contribution in [1.29, 1.82) is 0 Å². The Bertz CT molecular complexity index is 546. The number of carbonyl (C=O) groups is 1. The van der Waals surface area contributed by atoms with Crippen LogP contribution in [0.1, 0.15) is 16.3 Å². The molecule has 0 unspecified atom stereocenters. The molecule has 0 spiro atoms. The molecule has 8 heteroatoms. The van der Waals surface area contributed by atoms with Crippen molar-refractivity contribution in [3.05, 3.63) is 30.0 Å². The quantitative estimate of drug-likeness (QED) is 0.763. The summed E-state index contributed by atoms with van der Waals surface area (Å²) in [6.07, 6.45) is 1.50. The van der Waals surface area contributed by atoms with E-state index in [0.717, 1.165) is 0 Å². The minimum Gasteiger partial charge on any atom is -0.343 e. The number of hydrogen-bond donors (Lipinski definition) is 1. The lowest BCUT2D eigenvalue weighted by Gasteiger charge is -2.08. The summed E-state index contributed by atoms with van der Waals surface area (Å²) in [6, 6.07) is 3.24. The monoisotopic (exact) mass is 247 g/mol. The number of nitrogens with two attached hydrogens (primary N) is 1. The maximum atomic E-state index is 11.6. The predicted molar refractivity (Wildman–Crippen MR) is 62.9 cm³/mol. The summed E-state index contributed by atoms with van der Waals surface area (Å²) in [5.74, 6) is 0.804. The molecule has 18 heavy (non-hydrogen) atoms. The lowest BCUT2D eigenvalue weighted by atomic mass is 10.3. The molecule has 0 aliphatic heterocycles. The van der Waals surface area contributed by atoms with E-state index in [9.17, 15) is 4.79 Å². The summed E-state index contributed by atoms with van der Waals surface area (Å²) in [5.41, 5.74) is 5.69. The number of nitrogens with zero attached hydrogens (tertiary/aromatic N) is 6. The first kappa shape index (κ1) is 12.1. The van der Waals surface area contributed by atoms with E-state index in [1.54, 1.807) is 26.2 Å². The normalized spacial score (nSPS) is 10.4. The van der Waals surface area contributed by atoms with Gasteiger partial charge in [0.25, 0.3) is 5.91 Å². The third-order valence-electron chi connectivity index (χ3n) is 2.23. The average Bonchev–Trinajstić information content (AvgIpc) is 2.86. The molecule has 0 saturated heterocycles. The van der Waals surface area contributed by atoms with Crippen LogP contribution in [0, 0.1) is 0 Å². The van der Waals surface area contributed by atoms with Crippen LogP contribution in [0.15, 0.2) is 18.5 Å². The van der Waals surface area contributed by atoms with Gasteiger partial charge in [0, 0.05) is 14.1 Å². The maximum Gasteiger partial charge on any atom is 0.273 e. The molecule has 0 aromatic carbocycles. The van der Waals surface area contributed by atoms with Crippen LogP contribution in [0.4, 0.5) is 0 Å². The largest absolute Gasteiger partial charge is 0.343 e. The molecular weight excluding hydrogens is 234 g/mol. The van der Waals surface area contributed by atoms with Crippen LogP contribution in [0.2, 0.25) is 0 Å². The molecule has 8 nitrogen and oxygen atoms in total. The van der Waals surface area contributed by atoms with Gasteiger partial charge in [-0.05, 0) is 12.1 Å². The third kappa shape index (κ3) is 2.33. The maximum absolute atomic E-state index is 11.6. The zero-order valence-corrected chi connectivity index (χ0v) is 10.1. The van der Waals surface area contributed by atoms with Crippen molar-refractivity contribution in [2.24, 2.45) is 5.73 Å². The van der Waals surface area contributed by atoms with Gasteiger partial charge in [-0.2, -0.15) is 0 Å². The van der Waals surface area contributed by atoms with Crippen LogP contribution in [-0.4, -0.2) is 49.9 Å². The van der Waals surface area contributed by atoms with Crippen molar-refractivity contribution in [2.45, 2.75) is 6.54 Å². The fraction of sp³-hybridized carbons (Fsp3) is 0.300. The van der Waals surface area contributed by atoms with Gasteiger partial charge in [0.05, 0.1) is 6.54 Å². The van der Waals surface area contributed by atoms with Crippen molar-refractivity contribution >= 4 is 5.91 Å². The van der Waals surface area contributed by atoms with Gasteiger partial charge in [-0.15, -0.1) is 15.3 Å². The van der Waals surface area contributed by atoms with E-state index < -0.39 is 0 Å². The molecule has 2 aromatic rings. The Labute approximate surface area is 103 Å². The van der Waals surface area contributed by atoms with E-state index in [-0.39, 0.29) is 18.1 Å². The van der Waals surface area contributed by atoms with Gasteiger partial charge in [0.2, 0.25) is 0 Å². The van der Waals surface area contributed by atoms with E-state index in [2.05, 4.69) is 20.3 Å². The second-order valence-corrected chi connectivity index (χ2v) is 3.79. The first-order valence-corrected chi connectivity index (χ1v) is 5.28. The highest BCUT2D eigenvalue weighted by atomic mass is 16.2. The highest BCUT2D eigenvalue weighted by molar-refractivity contribution is 5.91. The Hall–Kier alpha value is -2.35. The molecule has 0 aliphatic rings. The fourth-order valence-corrected chi connectivity index (χ4v) is 1.29. The summed E-state index contributed by atoms with van der Waals surface area (Å²) in [4.78, 5) is 17.0. The zero-order chi connectivity index (χ0) is 13.1. The highest BCUT2D eigenvalue weighted by Gasteiger charge is 2.11. The molecular formula is C10H13N7O. The lowest BCUT2D eigenvalue weighted by molar-refractivity contribution is 0.0821. The minimum absolute atomic E-state index is 0.199. The van der Waals surface area contributed by atoms with Crippen LogP contribution in [0.5, 0.6) is 0 Å². The molecule has 0 saturated carbocycles. The molecule has 0 atom stereocenters. The van der Waals surface area contributed by atoms with E-state index in [4.69, 9.17) is 5.73 Å². The molecule has 2 rings (SSSR count). The average molecular weight is 247 g/mol. The van der Waals surface area contributed by atoms with Gasteiger partial charge in [0.15, 0.2) is 17.3 Å². The predicted octanol–water partition coefficient (Wildman–Crippen LogP) is -0.782. The summed E-state index contributed by atoms with van der Waals surface area (Å²) < 4.78 is 1.46. The van der Waals surface area contributed by atoms with Gasteiger partial charge in [0.1, 0.15) is 6.33 Å². The number of rotatable bonds is 3. The Morgan fingerprint density at radius 1 is 1.39 bits per heavy atom. The molecule has 2 N–H and O–H groups in total. The highest BCUT2D eigenvalue weighted by Crippen LogP contribution is 2.03. The first-order chi connectivity index (χ1) is 8.61. The van der Waals surface area contributed by atoms with Crippen LogP contribution in [0.3, 0.4) is 0 Å². The Morgan fingerprint density at radius 3 is 2.67 bits per heavy atom. The van der Waals surface area contributed by atoms with Crippen LogP contribution in [0.25, 0.3) is 5.82 Å². The molecule has 1 amide bonds. The van der Waals surface area contributed by atoms with Crippen LogP contribution < -0.4 is 5.73 Å². The zero-order valence-electron chi connectivity index (χ0n) is 10.1. The van der Waals surface area contributed by atoms with Gasteiger partial charge in [-0.3, -0.25) is 4.79 Å². The molecule has 0 radical (unpaired) electrons. The van der Waals surface area contributed by atoms with Crippen LogP contribution >= 0.6 is 0 Å². The molecule has 94 valence electrons. The van der Waals surface area contributed by atoms with Crippen LogP contribution in [-0.2, 0) is 6.54 Å². The summed E-state index contributed by atoms with van der Waals surface area (Å²) in [5, 5.41) is 11.9. The van der Waals surface area contributed by atoms with Crippen molar-refractivity contribution < 1.29 is 4.79 Å². The van der Waals surface area contributed by atoms with E-state index >= 15 is 0 Å². The molecule has 2 aromatic heterocycles. The topological polar surface area (TPSA) is 103 Å². The van der Waals surface area contributed by atoms with Crippen molar-refractivity contribution in [1.82, 2.24) is 29.9 Å². The molecule has 0 aliphatic carbocycles. The Morgan fingerprint density at radius 2 is 2.17 bits per heavy atom. The SMILES string of the molecule is CN(C)C(=O)c1ccc(-n2cnc(CN)n2)nn1. The summed E-state index contributed by atoms with van der Waals surface area (Å²) in [6.45, 7) is 0.262. The van der Waals surface area contributed by atoms with E-state index in [1.807, 2.05) is 0 Å². The van der Waals surface area contributed by atoms with Gasteiger partial charge in [-0.1, -0.05) is 0 Å². The molecule has 0 fully saturated rings. The summed E-state index contributed by atoms with van der Waals surface area (Å²) >= 11 is 0. The van der Waals surface area contributed by atoms with Crippen molar-refractivity contribution in [3.63, 3.8) is 0 Å². The smallest absolute Gasteiger partial charge is 0.273 e. The third-order valence-corrected chi connectivity index (χ3v) is 2.23. The van der Waals surface area contributed by atoms with Gasteiger partial charge < -0.3 is 10.6 Å². The second-order valence-electron chi connectivity index (χ2n) is 3.79. The van der Waals surface area contributed by atoms with Gasteiger partial charge >= 0.3 is 0 Å². The van der Waals surface area contributed by atoms with Crippen molar-refractivity contribution in [2.75, 3.05) is 14.1 Å². The van der Waals surface area contributed by atoms with E-state index in [1.165, 1.54) is 15.9 Å². The molecule has 2 heterocycles. The number of amides is 1. The Balaban J connectivity index is 2.24. The first-order valence-electron chi connectivity index (χ1n) is 5.28. The lowest BCUT2D eigenvalue weighted by Crippen LogP contribution is -2.23. The van der Waals surface area contributed by atoms with Crippen molar-refractivity contribution in [3.8, 4) is 5.82 Å². The fourth-order valence-electron chi connectivity index (χ4n) is 1.29. The Kier molecular flexibility index (Phi) is 3.28. The second kappa shape index (κ2) is 4.88. The number of aromatic nitrogens is 5.